The molecular weight excluding hydrogens is 238 g/mol. The van der Waals surface area contributed by atoms with Crippen molar-refractivity contribution in [3.8, 4) is 11.3 Å². The Morgan fingerprint density at radius 2 is 1.82 bits per heavy atom. The highest BCUT2D eigenvalue weighted by Crippen LogP contribution is 2.29. The lowest BCUT2D eigenvalue weighted by Crippen LogP contribution is -2.13. The lowest BCUT2D eigenvalue weighted by Gasteiger charge is -2.00. The molecule has 2 rings (SSSR count). The van der Waals surface area contributed by atoms with Gasteiger partial charge in [0.05, 0.1) is 16.9 Å². The van der Waals surface area contributed by atoms with Crippen molar-refractivity contribution >= 4 is 24.0 Å². The summed E-state index contributed by atoms with van der Waals surface area (Å²) in [4.78, 5) is 14.3. The molecule has 0 aliphatic rings. The van der Waals surface area contributed by atoms with Gasteiger partial charge in [-0.3, -0.25) is 4.79 Å². The number of amides is 1. The van der Waals surface area contributed by atoms with Gasteiger partial charge in [0, 0.05) is 11.3 Å². The summed E-state index contributed by atoms with van der Waals surface area (Å²) < 4.78 is 0. The molecule has 90 valence electrons. The Morgan fingerprint density at radius 1 is 1.24 bits per heavy atom. The third-order valence-corrected chi connectivity index (χ3v) is 2.54. The molecule has 0 atom stereocenters. The van der Waals surface area contributed by atoms with Crippen LogP contribution in [-0.2, 0) is 0 Å². The highest BCUT2D eigenvalue weighted by atomic mass is 35.5. The molecule has 4 nitrogen and oxygen atoms in total. The highest BCUT2D eigenvalue weighted by Gasteiger charge is 2.17. The third-order valence-electron chi connectivity index (χ3n) is 2.54. The minimum absolute atomic E-state index is 0. The fraction of sp³-hybridized carbons (Fsp3) is 0.0833. The van der Waals surface area contributed by atoms with Crippen LogP contribution in [0, 0.1) is 6.92 Å². The first-order valence-corrected chi connectivity index (χ1v) is 4.94. The van der Waals surface area contributed by atoms with E-state index in [9.17, 15) is 4.79 Å². The highest BCUT2D eigenvalue weighted by molar-refractivity contribution is 6.02. The van der Waals surface area contributed by atoms with E-state index in [4.69, 9.17) is 11.5 Å². The number of aromatic amines is 1. The summed E-state index contributed by atoms with van der Waals surface area (Å²) in [5, 5.41) is 0. The zero-order valence-electron chi connectivity index (χ0n) is 9.36. The lowest BCUT2D eigenvalue weighted by atomic mass is 10.1. The third kappa shape index (κ3) is 2.26. The zero-order chi connectivity index (χ0) is 11.7. The number of anilines is 1. The van der Waals surface area contributed by atoms with E-state index < -0.39 is 5.91 Å². The van der Waals surface area contributed by atoms with Crippen molar-refractivity contribution in [1.82, 2.24) is 4.98 Å². The molecule has 1 heterocycles. The van der Waals surface area contributed by atoms with Gasteiger partial charge in [0.1, 0.15) is 0 Å². The molecule has 0 unspecified atom stereocenters. The molecule has 0 saturated heterocycles. The topological polar surface area (TPSA) is 84.9 Å². The number of hydrogen-bond acceptors (Lipinski definition) is 2. The van der Waals surface area contributed by atoms with E-state index in [-0.39, 0.29) is 12.4 Å². The molecule has 0 aliphatic carbocycles. The first-order chi connectivity index (χ1) is 7.61. The number of primary amides is 1. The van der Waals surface area contributed by atoms with Crippen molar-refractivity contribution in [2.24, 2.45) is 5.73 Å². The molecule has 0 radical (unpaired) electrons. The molecule has 0 bridgehead atoms. The van der Waals surface area contributed by atoms with Crippen LogP contribution in [0.5, 0.6) is 0 Å². The zero-order valence-corrected chi connectivity index (χ0v) is 10.2. The number of aryl methyl sites for hydroxylation is 1. The average Bonchev–Trinajstić information content (AvgIpc) is 2.55. The Labute approximate surface area is 105 Å². The molecule has 5 heteroatoms. The molecule has 1 aromatic carbocycles. The normalized spacial score (nSPS) is 9.71. The molecule has 1 amide bonds. The number of rotatable bonds is 2. The largest absolute Gasteiger partial charge is 0.396 e. The van der Waals surface area contributed by atoms with E-state index >= 15 is 0 Å². The van der Waals surface area contributed by atoms with Gasteiger partial charge < -0.3 is 16.5 Å². The van der Waals surface area contributed by atoms with E-state index in [1.165, 1.54) is 0 Å². The molecule has 2 aromatic rings. The van der Waals surface area contributed by atoms with Gasteiger partial charge in [0.2, 0.25) is 0 Å². The molecule has 0 saturated carbocycles. The minimum Gasteiger partial charge on any atom is -0.396 e. The number of hydrogen-bond donors (Lipinski definition) is 3. The first kappa shape index (κ1) is 13.1. The maximum absolute atomic E-state index is 11.2. The molecule has 5 N–H and O–H groups in total. The summed E-state index contributed by atoms with van der Waals surface area (Å²) in [6.45, 7) is 1.78. The predicted molar refractivity (Wildman–Crippen MR) is 71.1 cm³/mol. The van der Waals surface area contributed by atoms with Gasteiger partial charge in [-0.1, -0.05) is 30.3 Å². The number of nitrogen functional groups attached to an aromatic ring is 1. The first-order valence-electron chi connectivity index (χ1n) is 4.94. The Morgan fingerprint density at radius 3 is 2.29 bits per heavy atom. The van der Waals surface area contributed by atoms with Crippen LogP contribution in [0.3, 0.4) is 0 Å². The van der Waals surface area contributed by atoms with Gasteiger partial charge in [-0.15, -0.1) is 12.4 Å². The summed E-state index contributed by atoms with van der Waals surface area (Å²) in [5.74, 6) is -0.506. The maximum atomic E-state index is 11.2. The quantitative estimate of drug-likeness (QED) is 0.764. The molecule has 0 spiro atoms. The second kappa shape index (κ2) is 4.93. The van der Waals surface area contributed by atoms with Crippen LogP contribution >= 0.6 is 12.4 Å². The maximum Gasteiger partial charge on any atom is 0.252 e. The monoisotopic (exact) mass is 251 g/mol. The number of carbonyl (C=O) groups excluding carboxylic acids is 1. The summed E-state index contributed by atoms with van der Waals surface area (Å²) in [6.07, 6.45) is 0. The Balaban J connectivity index is 0.00000144. The number of aromatic nitrogens is 1. The standard InChI is InChI=1S/C12H13N3O.ClH/c1-7-9(12(14)16)10(13)11(15-7)8-5-3-2-4-6-8;/h2-6,15H,13H2,1H3,(H2,14,16);1H. The van der Waals surface area contributed by atoms with Crippen LogP contribution in [0.2, 0.25) is 0 Å². The second-order valence-electron chi connectivity index (χ2n) is 3.64. The number of carbonyl (C=O) groups is 1. The van der Waals surface area contributed by atoms with Gasteiger partial charge in [0.15, 0.2) is 0 Å². The number of nitrogens with one attached hydrogen (secondary N) is 1. The Hall–Kier alpha value is -1.94. The van der Waals surface area contributed by atoms with Crippen molar-refractivity contribution in [3.05, 3.63) is 41.6 Å². The minimum atomic E-state index is -0.506. The number of halogens is 1. The van der Waals surface area contributed by atoms with Crippen LogP contribution in [-0.4, -0.2) is 10.9 Å². The van der Waals surface area contributed by atoms with E-state index in [0.717, 1.165) is 11.3 Å². The van der Waals surface area contributed by atoms with Gasteiger partial charge in [-0.05, 0) is 6.92 Å². The van der Waals surface area contributed by atoms with Crippen molar-refractivity contribution in [3.63, 3.8) is 0 Å². The van der Waals surface area contributed by atoms with Gasteiger partial charge in [-0.25, -0.2) is 0 Å². The average molecular weight is 252 g/mol. The summed E-state index contributed by atoms with van der Waals surface area (Å²) in [5.41, 5.74) is 14.3. The van der Waals surface area contributed by atoms with Gasteiger partial charge in [-0.2, -0.15) is 0 Å². The van der Waals surface area contributed by atoms with E-state index in [1.807, 2.05) is 30.3 Å². The van der Waals surface area contributed by atoms with Crippen molar-refractivity contribution in [1.29, 1.82) is 0 Å². The van der Waals surface area contributed by atoms with E-state index in [1.54, 1.807) is 6.92 Å². The molecular formula is C12H14ClN3O. The number of benzene rings is 1. The Kier molecular flexibility index (Phi) is 3.81. The van der Waals surface area contributed by atoms with E-state index in [0.29, 0.717) is 16.9 Å². The summed E-state index contributed by atoms with van der Waals surface area (Å²) in [7, 11) is 0. The van der Waals surface area contributed by atoms with E-state index in [2.05, 4.69) is 4.98 Å². The SMILES string of the molecule is Cc1[nH]c(-c2ccccc2)c(N)c1C(N)=O.Cl. The van der Waals surface area contributed by atoms with Crippen molar-refractivity contribution in [2.45, 2.75) is 6.92 Å². The molecule has 0 fully saturated rings. The van der Waals surface area contributed by atoms with Crippen molar-refractivity contribution in [2.75, 3.05) is 5.73 Å². The number of nitrogens with two attached hydrogens (primary N) is 2. The van der Waals surface area contributed by atoms with Crippen LogP contribution in [0.25, 0.3) is 11.3 Å². The lowest BCUT2D eigenvalue weighted by molar-refractivity contribution is 0.100. The summed E-state index contributed by atoms with van der Waals surface area (Å²) in [6, 6.07) is 9.59. The van der Waals surface area contributed by atoms with Crippen LogP contribution in [0.4, 0.5) is 5.69 Å². The fourth-order valence-electron chi connectivity index (χ4n) is 1.79. The van der Waals surface area contributed by atoms with Crippen LogP contribution in [0.1, 0.15) is 16.1 Å². The van der Waals surface area contributed by atoms with Gasteiger partial charge in [0.25, 0.3) is 5.91 Å². The van der Waals surface area contributed by atoms with Crippen molar-refractivity contribution < 1.29 is 4.79 Å². The molecule has 0 aliphatic heterocycles. The fourth-order valence-corrected chi connectivity index (χ4v) is 1.79. The Bertz CT molecular complexity index is 534. The van der Waals surface area contributed by atoms with Gasteiger partial charge >= 0.3 is 0 Å². The van der Waals surface area contributed by atoms with Crippen LogP contribution < -0.4 is 11.5 Å². The summed E-state index contributed by atoms with van der Waals surface area (Å²) >= 11 is 0. The smallest absolute Gasteiger partial charge is 0.252 e. The molecule has 1 aromatic heterocycles. The second-order valence-corrected chi connectivity index (χ2v) is 3.64. The molecule has 17 heavy (non-hydrogen) atoms. The number of H-pyrrole nitrogens is 1. The van der Waals surface area contributed by atoms with Crippen LogP contribution in [0.15, 0.2) is 30.3 Å². The predicted octanol–water partition coefficient (Wildman–Crippen LogP) is 2.09.